The van der Waals surface area contributed by atoms with Crippen LogP contribution in [0.5, 0.6) is 0 Å². The second-order valence-corrected chi connectivity index (χ2v) is 19.4. The predicted molar refractivity (Wildman–Crippen MR) is 200 cm³/mol. The maximum absolute atomic E-state index is 12.6. The molecule has 46 heavy (non-hydrogen) atoms. The first-order valence-corrected chi connectivity index (χ1v) is 23.7. The fourth-order valence-electron chi connectivity index (χ4n) is 5.89. The van der Waals surface area contributed by atoms with Crippen LogP contribution in [0.2, 0.25) is 19.6 Å². The standard InChI is InChI=1S/C40H80O5Si/c1-6-8-10-12-14-16-18-20-22-24-26-28-30-32-34-39(41)43-36-38(37-44-46(3,4)5)45-40(42)35-33-31-29-27-25-23-21-19-17-15-13-11-9-7-2/h38H,6-37H2,1-5H3. The summed E-state index contributed by atoms with van der Waals surface area (Å²) in [6, 6.07) is 0. The third kappa shape index (κ3) is 36.0. The van der Waals surface area contributed by atoms with E-state index in [4.69, 9.17) is 13.9 Å². The zero-order chi connectivity index (χ0) is 34.0. The van der Waals surface area contributed by atoms with Crippen LogP contribution in [0, 0.1) is 0 Å². The fourth-order valence-corrected chi connectivity index (χ4v) is 6.58. The average molecular weight is 669 g/mol. The van der Waals surface area contributed by atoms with Gasteiger partial charge in [0.25, 0.3) is 0 Å². The van der Waals surface area contributed by atoms with Gasteiger partial charge in [0, 0.05) is 12.8 Å². The van der Waals surface area contributed by atoms with Gasteiger partial charge < -0.3 is 13.9 Å². The van der Waals surface area contributed by atoms with Crippen LogP contribution in [-0.4, -0.2) is 39.6 Å². The Balaban J connectivity index is 3.90. The zero-order valence-corrected chi connectivity index (χ0v) is 32.7. The van der Waals surface area contributed by atoms with E-state index in [1.54, 1.807) is 0 Å². The van der Waals surface area contributed by atoms with Crippen LogP contribution in [0.4, 0.5) is 0 Å². The van der Waals surface area contributed by atoms with Crippen LogP contribution in [0.25, 0.3) is 0 Å². The van der Waals surface area contributed by atoms with Crippen molar-refractivity contribution in [1.82, 2.24) is 0 Å². The Morgan fingerprint density at radius 1 is 0.435 bits per heavy atom. The number of rotatable bonds is 36. The maximum atomic E-state index is 12.6. The summed E-state index contributed by atoms with van der Waals surface area (Å²) < 4.78 is 17.3. The Hall–Kier alpha value is -0.883. The van der Waals surface area contributed by atoms with Gasteiger partial charge in [-0.2, -0.15) is 0 Å². The van der Waals surface area contributed by atoms with E-state index in [-0.39, 0.29) is 18.5 Å². The number of hydrogen-bond acceptors (Lipinski definition) is 5. The quantitative estimate of drug-likeness (QED) is 0.0378. The van der Waals surface area contributed by atoms with Crippen molar-refractivity contribution < 1.29 is 23.5 Å². The summed E-state index contributed by atoms with van der Waals surface area (Å²) in [5.74, 6) is -0.397. The van der Waals surface area contributed by atoms with Gasteiger partial charge in [0.05, 0.1) is 6.61 Å². The third-order valence-corrected chi connectivity index (χ3v) is 9.93. The van der Waals surface area contributed by atoms with Gasteiger partial charge in [-0.15, -0.1) is 0 Å². The van der Waals surface area contributed by atoms with Crippen LogP contribution < -0.4 is 0 Å². The molecule has 0 aromatic heterocycles. The van der Waals surface area contributed by atoms with Crippen LogP contribution in [0.1, 0.15) is 206 Å². The molecule has 0 saturated heterocycles. The minimum absolute atomic E-state index is 0.0897. The van der Waals surface area contributed by atoms with Crippen LogP contribution in [0.3, 0.4) is 0 Å². The topological polar surface area (TPSA) is 61.8 Å². The number of hydrogen-bond donors (Lipinski definition) is 0. The Labute approximate surface area is 288 Å². The van der Waals surface area contributed by atoms with E-state index in [0.29, 0.717) is 19.4 Å². The molecule has 0 amide bonds. The fraction of sp³-hybridized carbons (Fsp3) is 0.950. The molecule has 1 atom stereocenters. The lowest BCUT2D eigenvalue weighted by Crippen LogP contribution is -2.35. The second kappa shape index (κ2) is 34.0. The summed E-state index contributed by atoms with van der Waals surface area (Å²) in [7, 11) is -1.77. The Morgan fingerprint density at radius 2 is 0.739 bits per heavy atom. The lowest BCUT2D eigenvalue weighted by atomic mass is 10.0. The van der Waals surface area contributed by atoms with Crippen molar-refractivity contribution in [2.24, 2.45) is 0 Å². The van der Waals surface area contributed by atoms with Gasteiger partial charge >= 0.3 is 11.9 Å². The van der Waals surface area contributed by atoms with E-state index in [1.165, 1.54) is 154 Å². The molecule has 0 aromatic carbocycles. The second-order valence-electron chi connectivity index (χ2n) is 14.9. The maximum Gasteiger partial charge on any atom is 0.306 e. The Morgan fingerprint density at radius 3 is 1.07 bits per heavy atom. The van der Waals surface area contributed by atoms with Crippen molar-refractivity contribution in [3.8, 4) is 0 Å². The van der Waals surface area contributed by atoms with E-state index >= 15 is 0 Å². The molecule has 0 aromatic rings. The molecule has 0 bridgehead atoms. The van der Waals surface area contributed by atoms with Crippen molar-refractivity contribution in [2.45, 2.75) is 232 Å². The van der Waals surface area contributed by atoms with Gasteiger partial charge in [0.2, 0.25) is 0 Å². The van der Waals surface area contributed by atoms with E-state index in [9.17, 15) is 9.59 Å². The highest BCUT2D eigenvalue weighted by molar-refractivity contribution is 6.69. The molecule has 0 fully saturated rings. The molecule has 0 spiro atoms. The molecule has 0 rings (SSSR count). The molecule has 0 heterocycles. The summed E-state index contributed by atoms with van der Waals surface area (Å²) in [4.78, 5) is 24.9. The van der Waals surface area contributed by atoms with Crippen molar-refractivity contribution in [3.05, 3.63) is 0 Å². The van der Waals surface area contributed by atoms with E-state index in [0.717, 1.165) is 25.7 Å². The normalized spacial score (nSPS) is 12.4. The van der Waals surface area contributed by atoms with Crippen molar-refractivity contribution in [1.29, 1.82) is 0 Å². The highest BCUT2D eigenvalue weighted by Crippen LogP contribution is 2.16. The minimum atomic E-state index is -1.77. The van der Waals surface area contributed by atoms with Gasteiger partial charge in [-0.1, -0.05) is 181 Å². The van der Waals surface area contributed by atoms with Gasteiger partial charge in [-0.25, -0.2) is 0 Å². The Kier molecular flexibility index (Phi) is 33.3. The average Bonchev–Trinajstić information content (AvgIpc) is 3.02. The lowest BCUT2D eigenvalue weighted by Gasteiger charge is -2.23. The molecule has 6 heteroatoms. The summed E-state index contributed by atoms with van der Waals surface area (Å²) in [6.45, 7) is 11.3. The summed E-state index contributed by atoms with van der Waals surface area (Å²) in [5, 5.41) is 0. The first-order valence-electron chi connectivity index (χ1n) is 20.3. The molecule has 0 saturated carbocycles. The molecule has 0 aliphatic rings. The van der Waals surface area contributed by atoms with Gasteiger partial charge in [-0.3, -0.25) is 9.59 Å². The molecule has 0 N–H and O–H groups in total. The number of carbonyl (C=O) groups excluding carboxylic acids is 2. The first kappa shape index (κ1) is 45.1. The number of carbonyl (C=O) groups is 2. The zero-order valence-electron chi connectivity index (χ0n) is 31.7. The summed E-state index contributed by atoms with van der Waals surface area (Å²) in [6.07, 6.45) is 36.6. The van der Waals surface area contributed by atoms with E-state index in [1.807, 2.05) is 0 Å². The van der Waals surface area contributed by atoms with Gasteiger partial charge in [0.1, 0.15) is 6.61 Å². The summed E-state index contributed by atoms with van der Waals surface area (Å²) in [5.41, 5.74) is 0. The van der Waals surface area contributed by atoms with Crippen LogP contribution >= 0.6 is 0 Å². The highest BCUT2D eigenvalue weighted by Gasteiger charge is 2.22. The molecule has 1 unspecified atom stereocenters. The van der Waals surface area contributed by atoms with Crippen molar-refractivity contribution in [3.63, 3.8) is 0 Å². The van der Waals surface area contributed by atoms with E-state index < -0.39 is 14.4 Å². The number of ether oxygens (including phenoxy) is 2. The monoisotopic (exact) mass is 669 g/mol. The molecule has 0 aliphatic heterocycles. The van der Waals surface area contributed by atoms with Crippen molar-refractivity contribution >= 4 is 20.3 Å². The number of unbranched alkanes of at least 4 members (excludes halogenated alkanes) is 26. The lowest BCUT2D eigenvalue weighted by molar-refractivity contribution is -0.161. The van der Waals surface area contributed by atoms with Gasteiger partial charge in [0.15, 0.2) is 14.4 Å². The SMILES string of the molecule is CCCCCCCCCCCCCCCCC(=O)OCC(CO[Si](C)(C)C)OC(=O)CCCCCCCCCCCCCCCC. The summed E-state index contributed by atoms with van der Waals surface area (Å²) >= 11 is 0. The smallest absolute Gasteiger partial charge is 0.306 e. The van der Waals surface area contributed by atoms with Gasteiger partial charge in [-0.05, 0) is 32.5 Å². The molecular formula is C40H80O5Si. The first-order chi connectivity index (χ1) is 22.3. The molecular weight excluding hydrogens is 589 g/mol. The van der Waals surface area contributed by atoms with Crippen molar-refractivity contribution in [2.75, 3.05) is 13.2 Å². The van der Waals surface area contributed by atoms with E-state index in [2.05, 4.69) is 33.5 Å². The number of esters is 2. The third-order valence-electron chi connectivity index (χ3n) is 8.90. The molecule has 0 aliphatic carbocycles. The highest BCUT2D eigenvalue weighted by atomic mass is 28.4. The van der Waals surface area contributed by atoms with Crippen LogP contribution in [-0.2, 0) is 23.5 Å². The predicted octanol–water partition coefficient (Wildman–Crippen LogP) is 13.0. The minimum Gasteiger partial charge on any atom is -0.462 e. The molecule has 0 radical (unpaired) electrons. The largest absolute Gasteiger partial charge is 0.462 e. The molecule has 274 valence electrons. The van der Waals surface area contributed by atoms with Crippen LogP contribution in [0.15, 0.2) is 0 Å². The molecule has 5 nitrogen and oxygen atoms in total. The Bertz CT molecular complexity index is 663.